The van der Waals surface area contributed by atoms with E-state index in [9.17, 15) is 4.79 Å². The Hall–Kier alpha value is -1.81. The van der Waals surface area contributed by atoms with Gasteiger partial charge in [-0.3, -0.25) is 4.79 Å². The van der Waals surface area contributed by atoms with Gasteiger partial charge in [-0.15, -0.1) is 6.58 Å². The van der Waals surface area contributed by atoms with E-state index in [1.54, 1.807) is 6.08 Å². The first-order valence-electron chi connectivity index (χ1n) is 9.52. The second kappa shape index (κ2) is 12.6. The number of rotatable bonds is 4. The van der Waals surface area contributed by atoms with Gasteiger partial charge in [0.05, 0.1) is 6.61 Å². The number of hydrogen-bond acceptors (Lipinski definition) is 2. The summed E-state index contributed by atoms with van der Waals surface area (Å²) in [7, 11) is 0. The van der Waals surface area contributed by atoms with Gasteiger partial charge in [-0.05, 0) is 43.0 Å². The van der Waals surface area contributed by atoms with E-state index in [1.807, 2.05) is 65.6 Å². The SMILES string of the molecule is C=CCC1OCCN(CC2CC2)C1=O.Clc1ccccc1.Clc1ccccc1. The number of ether oxygens (including phenoxy) is 1. The minimum Gasteiger partial charge on any atom is -0.366 e. The maximum absolute atomic E-state index is 11.8. The van der Waals surface area contributed by atoms with Crippen LogP contribution in [0.4, 0.5) is 0 Å². The summed E-state index contributed by atoms with van der Waals surface area (Å²) in [5.41, 5.74) is 0. The predicted octanol–water partition coefficient (Wildman–Crippen LogP) is 5.88. The van der Waals surface area contributed by atoms with Gasteiger partial charge in [0, 0.05) is 29.6 Å². The van der Waals surface area contributed by atoms with Crippen molar-refractivity contribution in [1.29, 1.82) is 0 Å². The van der Waals surface area contributed by atoms with Crippen molar-refractivity contribution < 1.29 is 9.53 Å². The Kier molecular flexibility index (Phi) is 10.1. The Morgan fingerprint density at radius 1 is 1.00 bits per heavy atom. The molecule has 0 bridgehead atoms. The van der Waals surface area contributed by atoms with Crippen LogP contribution in [0, 0.1) is 5.92 Å². The van der Waals surface area contributed by atoms with Gasteiger partial charge in [0.2, 0.25) is 0 Å². The lowest BCUT2D eigenvalue weighted by molar-refractivity contribution is -0.152. The van der Waals surface area contributed by atoms with E-state index in [0.29, 0.717) is 13.0 Å². The fraction of sp³-hybridized carbons (Fsp3) is 0.348. The Labute approximate surface area is 177 Å². The number of benzene rings is 2. The van der Waals surface area contributed by atoms with E-state index < -0.39 is 0 Å². The third kappa shape index (κ3) is 8.92. The molecular weight excluding hydrogens is 393 g/mol. The van der Waals surface area contributed by atoms with Crippen molar-refractivity contribution in [1.82, 2.24) is 4.90 Å². The van der Waals surface area contributed by atoms with Gasteiger partial charge in [0.15, 0.2) is 0 Å². The summed E-state index contributed by atoms with van der Waals surface area (Å²) in [6.45, 7) is 6.02. The molecule has 1 aliphatic heterocycles. The van der Waals surface area contributed by atoms with Crippen LogP contribution in [-0.4, -0.2) is 36.6 Å². The highest BCUT2D eigenvalue weighted by molar-refractivity contribution is 6.30. The quantitative estimate of drug-likeness (QED) is 0.578. The standard InChI is InChI=1S/C11H17NO2.2C6H5Cl/c1-2-3-10-11(13)12(6-7-14-10)8-9-4-5-9;2*7-6-4-2-1-3-5-6/h2,9-10H,1,3-8H2;2*1-5H. The monoisotopic (exact) mass is 419 g/mol. The molecule has 2 aromatic rings. The van der Waals surface area contributed by atoms with Crippen LogP contribution in [-0.2, 0) is 9.53 Å². The third-order valence-corrected chi connectivity index (χ3v) is 4.79. The van der Waals surface area contributed by atoms with Crippen LogP contribution in [0.5, 0.6) is 0 Å². The lowest BCUT2D eigenvalue weighted by atomic mass is 10.2. The molecule has 4 rings (SSSR count). The highest BCUT2D eigenvalue weighted by Crippen LogP contribution is 2.30. The van der Waals surface area contributed by atoms with Gasteiger partial charge in [0.1, 0.15) is 6.10 Å². The van der Waals surface area contributed by atoms with Crippen molar-refractivity contribution in [2.75, 3.05) is 19.7 Å². The molecule has 150 valence electrons. The molecule has 1 saturated carbocycles. The van der Waals surface area contributed by atoms with Gasteiger partial charge >= 0.3 is 0 Å². The van der Waals surface area contributed by atoms with Crippen molar-refractivity contribution in [3.8, 4) is 0 Å². The number of carbonyl (C=O) groups excluding carboxylic acids is 1. The molecule has 0 spiro atoms. The van der Waals surface area contributed by atoms with Crippen molar-refractivity contribution in [3.63, 3.8) is 0 Å². The fourth-order valence-electron chi connectivity index (χ4n) is 2.63. The predicted molar refractivity (Wildman–Crippen MR) is 117 cm³/mol. The van der Waals surface area contributed by atoms with Crippen LogP contribution in [0.2, 0.25) is 10.0 Å². The van der Waals surface area contributed by atoms with Gasteiger partial charge in [-0.2, -0.15) is 0 Å². The Morgan fingerprint density at radius 3 is 1.93 bits per heavy atom. The van der Waals surface area contributed by atoms with Crippen molar-refractivity contribution >= 4 is 29.1 Å². The normalized spacial score (nSPS) is 18.3. The Bertz CT molecular complexity index is 668. The maximum atomic E-state index is 11.8. The van der Waals surface area contributed by atoms with Crippen molar-refractivity contribution in [2.45, 2.75) is 25.4 Å². The molecule has 2 fully saturated rings. The van der Waals surface area contributed by atoms with Crippen LogP contribution < -0.4 is 0 Å². The largest absolute Gasteiger partial charge is 0.366 e. The molecule has 1 amide bonds. The lowest BCUT2D eigenvalue weighted by Crippen LogP contribution is -2.48. The Morgan fingerprint density at radius 2 is 1.54 bits per heavy atom. The van der Waals surface area contributed by atoms with Crippen LogP contribution in [0.25, 0.3) is 0 Å². The minimum atomic E-state index is -0.264. The zero-order valence-electron chi connectivity index (χ0n) is 16.0. The van der Waals surface area contributed by atoms with Crippen molar-refractivity contribution in [2.24, 2.45) is 5.92 Å². The summed E-state index contributed by atoms with van der Waals surface area (Å²) in [5.74, 6) is 0.921. The number of amides is 1. The highest BCUT2D eigenvalue weighted by atomic mass is 35.5. The molecule has 3 nitrogen and oxygen atoms in total. The van der Waals surface area contributed by atoms with E-state index in [0.717, 1.165) is 29.1 Å². The number of hydrogen-bond donors (Lipinski definition) is 0. The molecule has 2 aliphatic rings. The molecule has 5 heteroatoms. The molecule has 0 radical (unpaired) electrons. The summed E-state index contributed by atoms with van der Waals surface area (Å²) >= 11 is 11.1. The van der Waals surface area contributed by atoms with Crippen LogP contribution in [0.15, 0.2) is 73.3 Å². The smallest absolute Gasteiger partial charge is 0.252 e. The number of nitrogens with zero attached hydrogens (tertiary/aromatic N) is 1. The molecule has 1 unspecified atom stereocenters. The zero-order valence-corrected chi connectivity index (χ0v) is 17.5. The molecule has 28 heavy (non-hydrogen) atoms. The molecule has 0 N–H and O–H groups in total. The summed E-state index contributed by atoms with van der Waals surface area (Å²) < 4.78 is 5.40. The molecule has 1 heterocycles. The second-order valence-electron chi connectivity index (χ2n) is 6.70. The second-order valence-corrected chi connectivity index (χ2v) is 7.58. The van der Waals surface area contributed by atoms with E-state index in [1.165, 1.54) is 12.8 Å². The van der Waals surface area contributed by atoms with Crippen LogP contribution in [0.3, 0.4) is 0 Å². The maximum Gasteiger partial charge on any atom is 0.252 e. The first-order chi connectivity index (χ1) is 13.6. The number of morpholine rings is 1. The molecule has 1 aliphatic carbocycles. The Balaban J connectivity index is 0.000000168. The van der Waals surface area contributed by atoms with Gasteiger partial charge in [-0.1, -0.05) is 65.7 Å². The number of carbonyl (C=O) groups is 1. The topological polar surface area (TPSA) is 29.5 Å². The van der Waals surface area contributed by atoms with Crippen molar-refractivity contribution in [3.05, 3.63) is 83.4 Å². The van der Waals surface area contributed by atoms with Crippen LogP contribution in [0.1, 0.15) is 19.3 Å². The molecule has 2 aromatic carbocycles. The minimum absolute atomic E-state index is 0.156. The van der Waals surface area contributed by atoms with E-state index in [4.69, 9.17) is 27.9 Å². The lowest BCUT2D eigenvalue weighted by Gasteiger charge is -2.32. The first-order valence-corrected chi connectivity index (χ1v) is 10.3. The summed E-state index contributed by atoms with van der Waals surface area (Å²) in [5, 5.41) is 1.59. The van der Waals surface area contributed by atoms with E-state index in [-0.39, 0.29) is 12.0 Å². The summed E-state index contributed by atoms with van der Waals surface area (Å²) in [6.07, 6.45) is 4.71. The van der Waals surface area contributed by atoms with E-state index >= 15 is 0 Å². The fourth-order valence-corrected chi connectivity index (χ4v) is 2.92. The average Bonchev–Trinajstić information content (AvgIpc) is 3.52. The summed E-state index contributed by atoms with van der Waals surface area (Å²) in [4.78, 5) is 13.8. The van der Waals surface area contributed by atoms with Gasteiger partial charge in [-0.25, -0.2) is 0 Å². The molecule has 0 aromatic heterocycles. The summed E-state index contributed by atoms with van der Waals surface area (Å²) in [6, 6.07) is 18.9. The molecular formula is C23H27Cl2NO2. The third-order valence-electron chi connectivity index (χ3n) is 4.29. The number of halogens is 2. The van der Waals surface area contributed by atoms with E-state index in [2.05, 4.69) is 6.58 Å². The zero-order chi connectivity index (χ0) is 20.2. The van der Waals surface area contributed by atoms with Gasteiger partial charge < -0.3 is 9.64 Å². The molecule has 1 atom stereocenters. The average molecular weight is 420 g/mol. The van der Waals surface area contributed by atoms with Gasteiger partial charge in [0.25, 0.3) is 5.91 Å². The molecule has 1 saturated heterocycles. The van der Waals surface area contributed by atoms with Crippen LogP contribution >= 0.6 is 23.2 Å². The highest BCUT2D eigenvalue weighted by Gasteiger charge is 2.32. The first kappa shape index (κ1) is 22.5.